The molecule has 1 N–H and O–H groups in total. The van der Waals surface area contributed by atoms with Crippen LogP contribution in [0, 0.1) is 5.92 Å². The van der Waals surface area contributed by atoms with Crippen LogP contribution < -0.4 is 10.4 Å². The van der Waals surface area contributed by atoms with E-state index in [0.717, 1.165) is 23.9 Å². The number of aromatic nitrogens is 1. The Morgan fingerprint density at radius 3 is 3.28 bits per heavy atom. The Kier molecular flexibility index (Phi) is 2.83. The van der Waals surface area contributed by atoms with Gasteiger partial charge in [-0.2, -0.15) is 0 Å². The molecule has 2 aliphatic heterocycles. The highest BCUT2D eigenvalue weighted by atomic mass is 16.5. The maximum atomic E-state index is 12.2. The number of carbonyl (C=O) groups is 1. The number of anilines is 1. The topological polar surface area (TPSA) is 62.7 Å². The first-order valence-electron chi connectivity index (χ1n) is 6.27. The lowest BCUT2D eigenvalue weighted by molar-refractivity contribution is -0.123. The maximum Gasteiger partial charge on any atom is 0.491 e. The molecule has 6 heteroatoms. The summed E-state index contributed by atoms with van der Waals surface area (Å²) in [5.41, 5.74) is 1.57. The van der Waals surface area contributed by atoms with Crippen molar-refractivity contribution in [3.8, 4) is 0 Å². The fourth-order valence-corrected chi connectivity index (χ4v) is 2.63. The summed E-state index contributed by atoms with van der Waals surface area (Å²) in [5, 5.41) is 9.67. The molecular formula is C12H15BN2O3. The Hall–Kier alpha value is -1.40. The van der Waals surface area contributed by atoms with E-state index in [1.165, 1.54) is 0 Å². The lowest BCUT2D eigenvalue weighted by atomic mass is 9.80. The molecule has 5 nitrogen and oxygen atoms in total. The molecule has 0 radical (unpaired) electrons. The molecule has 0 spiro atoms. The summed E-state index contributed by atoms with van der Waals surface area (Å²) >= 11 is 0. The summed E-state index contributed by atoms with van der Waals surface area (Å²) in [7, 11) is -0.890. The third kappa shape index (κ3) is 1.72. The zero-order chi connectivity index (χ0) is 12.7. The molecule has 1 fully saturated rings. The van der Waals surface area contributed by atoms with Gasteiger partial charge in [-0.3, -0.25) is 9.69 Å². The van der Waals surface area contributed by atoms with Crippen LogP contribution in [0.4, 0.5) is 5.82 Å². The van der Waals surface area contributed by atoms with Crippen molar-refractivity contribution >= 4 is 24.3 Å². The predicted octanol–water partition coefficient (Wildman–Crippen LogP) is 0.0622. The average Bonchev–Trinajstić information content (AvgIpc) is 2.75. The molecule has 0 bridgehead atoms. The van der Waals surface area contributed by atoms with Gasteiger partial charge in [0.05, 0.1) is 6.61 Å². The van der Waals surface area contributed by atoms with E-state index in [1.807, 2.05) is 6.92 Å². The van der Waals surface area contributed by atoms with E-state index in [1.54, 1.807) is 17.2 Å². The van der Waals surface area contributed by atoms with E-state index in [4.69, 9.17) is 4.65 Å². The van der Waals surface area contributed by atoms with Gasteiger partial charge < -0.3 is 9.68 Å². The van der Waals surface area contributed by atoms with Gasteiger partial charge in [-0.15, -0.1) is 0 Å². The molecule has 1 unspecified atom stereocenters. The number of hydrogen-bond acceptors (Lipinski definition) is 4. The van der Waals surface area contributed by atoms with Crippen molar-refractivity contribution in [2.45, 2.75) is 26.4 Å². The van der Waals surface area contributed by atoms with Crippen LogP contribution in [0.15, 0.2) is 12.3 Å². The van der Waals surface area contributed by atoms with E-state index in [0.29, 0.717) is 19.0 Å². The third-order valence-electron chi connectivity index (χ3n) is 3.68. The number of pyridine rings is 1. The average molecular weight is 246 g/mol. The largest absolute Gasteiger partial charge is 0.491 e. The predicted molar refractivity (Wildman–Crippen MR) is 67.4 cm³/mol. The van der Waals surface area contributed by atoms with Crippen molar-refractivity contribution in [3.05, 3.63) is 17.8 Å². The quantitative estimate of drug-likeness (QED) is 0.712. The number of amides is 1. The van der Waals surface area contributed by atoms with Crippen molar-refractivity contribution in [2.75, 3.05) is 11.4 Å². The summed E-state index contributed by atoms with van der Waals surface area (Å²) in [5.74, 6) is 0.813. The van der Waals surface area contributed by atoms with Gasteiger partial charge in [-0.25, -0.2) is 4.98 Å². The highest BCUT2D eigenvalue weighted by Crippen LogP contribution is 2.27. The van der Waals surface area contributed by atoms with Gasteiger partial charge in [-0.05, 0) is 24.4 Å². The Morgan fingerprint density at radius 1 is 1.61 bits per heavy atom. The zero-order valence-electron chi connectivity index (χ0n) is 10.3. The van der Waals surface area contributed by atoms with Gasteiger partial charge in [0.15, 0.2) is 0 Å². The fourth-order valence-electron chi connectivity index (χ4n) is 2.63. The highest BCUT2D eigenvalue weighted by Gasteiger charge is 2.34. The number of carbonyl (C=O) groups excluding carboxylic acids is 1. The number of nitrogens with zero attached hydrogens (tertiary/aromatic N) is 2. The van der Waals surface area contributed by atoms with Crippen molar-refractivity contribution in [1.82, 2.24) is 4.98 Å². The molecule has 18 heavy (non-hydrogen) atoms. The maximum absolute atomic E-state index is 12.2. The standard InChI is InChI=1S/C12H15BN2O3/c1-8-3-2-6-15(12(8)16)11-9-7-18-13(17)10(9)4-5-14-11/h4-5,8,17H,2-3,6-7H2,1H3. The van der Waals surface area contributed by atoms with Gasteiger partial charge in [0.1, 0.15) is 5.82 Å². The van der Waals surface area contributed by atoms with Crippen molar-refractivity contribution in [1.29, 1.82) is 0 Å². The first-order chi connectivity index (χ1) is 8.68. The third-order valence-corrected chi connectivity index (χ3v) is 3.68. The van der Waals surface area contributed by atoms with Crippen LogP contribution in [0.5, 0.6) is 0 Å². The van der Waals surface area contributed by atoms with E-state index >= 15 is 0 Å². The van der Waals surface area contributed by atoms with Gasteiger partial charge in [0, 0.05) is 24.2 Å². The van der Waals surface area contributed by atoms with E-state index in [9.17, 15) is 9.82 Å². The Labute approximate surface area is 106 Å². The molecule has 3 heterocycles. The molecule has 94 valence electrons. The van der Waals surface area contributed by atoms with E-state index in [2.05, 4.69) is 4.98 Å². The molecule has 3 rings (SSSR count). The Balaban J connectivity index is 2.00. The monoisotopic (exact) mass is 246 g/mol. The molecule has 1 saturated heterocycles. The first kappa shape index (κ1) is 11.7. The molecule has 0 aromatic carbocycles. The molecule has 0 saturated carbocycles. The summed E-state index contributed by atoms with van der Waals surface area (Å²) in [6.07, 6.45) is 3.55. The minimum atomic E-state index is -0.890. The second kappa shape index (κ2) is 4.37. The lowest BCUT2D eigenvalue weighted by Crippen LogP contribution is -2.42. The van der Waals surface area contributed by atoms with Crippen molar-refractivity contribution < 1.29 is 14.5 Å². The SMILES string of the molecule is CC1CCCN(c2nccc3c2COB3O)C1=O. The van der Waals surface area contributed by atoms with Crippen LogP contribution in [0.25, 0.3) is 0 Å². The number of rotatable bonds is 1. The zero-order valence-corrected chi connectivity index (χ0v) is 10.3. The number of fused-ring (bicyclic) bond motifs is 1. The molecule has 1 amide bonds. The smallest absolute Gasteiger partial charge is 0.423 e. The Bertz CT molecular complexity index is 494. The second-order valence-corrected chi connectivity index (χ2v) is 4.90. The van der Waals surface area contributed by atoms with Gasteiger partial charge in [-0.1, -0.05) is 6.92 Å². The van der Waals surface area contributed by atoms with Crippen molar-refractivity contribution in [3.63, 3.8) is 0 Å². The molecule has 2 aliphatic rings. The molecular weight excluding hydrogens is 231 g/mol. The summed E-state index contributed by atoms with van der Waals surface area (Å²) in [4.78, 5) is 18.2. The van der Waals surface area contributed by atoms with Gasteiger partial charge >= 0.3 is 7.12 Å². The summed E-state index contributed by atoms with van der Waals surface area (Å²) in [6.45, 7) is 2.96. The summed E-state index contributed by atoms with van der Waals surface area (Å²) < 4.78 is 5.19. The van der Waals surface area contributed by atoms with Crippen LogP contribution >= 0.6 is 0 Å². The summed E-state index contributed by atoms with van der Waals surface area (Å²) in [6, 6.07) is 1.74. The normalized spacial score (nSPS) is 23.4. The highest BCUT2D eigenvalue weighted by molar-refractivity contribution is 6.61. The number of piperidine rings is 1. The van der Waals surface area contributed by atoms with Crippen LogP contribution in [0.1, 0.15) is 25.3 Å². The lowest BCUT2D eigenvalue weighted by Gasteiger charge is -2.30. The Morgan fingerprint density at radius 2 is 2.44 bits per heavy atom. The fraction of sp³-hybridized carbons (Fsp3) is 0.500. The minimum Gasteiger partial charge on any atom is -0.423 e. The molecule has 1 aromatic heterocycles. The van der Waals surface area contributed by atoms with Crippen LogP contribution in [0.3, 0.4) is 0 Å². The van der Waals surface area contributed by atoms with Crippen LogP contribution in [-0.2, 0) is 16.1 Å². The van der Waals surface area contributed by atoms with Gasteiger partial charge in [0.2, 0.25) is 5.91 Å². The minimum absolute atomic E-state index is 0.0450. The molecule has 0 aliphatic carbocycles. The molecule has 1 aromatic rings. The van der Waals surface area contributed by atoms with Gasteiger partial charge in [0.25, 0.3) is 0 Å². The second-order valence-electron chi connectivity index (χ2n) is 4.90. The van der Waals surface area contributed by atoms with E-state index in [-0.39, 0.29) is 11.8 Å². The van der Waals surface area contributed by atoms with Crippen molar-refractivity contribution in [2.24, 2.45) is 5.92 Å². The van der Waals surface area contributed by atoms with E-state index < -0.39 is 7.12 Å². The molecule has 1 atom stereocenters. The van der Waals surface area contributed by atoms with Crippen LogP contribution in [0.2, 0.25) is 0 Å². The van der Waals surface area contributed by atoms with Crippen LogP contribution in [-0.4, -0.2) is 29.6 Å². The number of hydrogen-bond donors (Lipinski definition) is 1. The first-order valence-corrected chi connectivity index (χ1v) is 6.27.